The highest BCUT2D eigenvalue weighted by Crippen LogP contribution is 2.44. The number of carbonyl (C=O) groups excluding carboxylic acids is 6. The number of nitrogens with one attached hydrogen (secondary N) is 14. The maximum absolute atomic E-state index is 13.2. The maximum Gasteiger partial charge on any atom is 0.272 e. The summed E-state index contributed by atoms with van der Waals surface area (Å²) < 4.78 is 59.8. The number of halogens is 3. The number of anilines is 11. The van der Waals surface area contributed by atoms with Crippen LogP contribution < -0.4 is 74.4 Å². The lowest BCUT2D eigenvalue weighted by Gasteiger charge is -2.11. The van der Waals surface area contributed by atoms with Crippen molar-refractivity contribution in [3.8, 4) is 22.5 Å². The van der Waals surface area contributed by atoms with Gasteiger partial charge in [-0.3, -0.25) is 28.8 Å². The van der Waals surface area contributed by atoms with Gasteiger partial charge in [0.1, 0.15) is 104 Å². The molecule has 44 nitrogen and oxygen atoms in total. The number of carbonyl (C=O) groups is 6. The highest BCUT2D eigenvalue weighted by atomic mass is 32.1. The second-order valence-corrected chi connectivity index (χ2v) is 35.8. The summed E-state index contributed by atoms with van der Waals surface area (Å²) >= 11 is 1.13. The Labute approximate surface area is 806 Å². The lowest BCUT2D eigenvalue weighted by Crippen LogP contribution is -2.27. The van der Waals surface area contributed by atoms with Crippen molar-refractivity contribution >= 4 is 172 Å². The Kier molecular flexibility index (Phi) is 23.4. The number of fused-ring (bicyclic) bond motifs is 9. The molecule has 0 unspecified atom stereocenters. The number of alkyl halides is 3. The molecule has 48 heteroatoms. The first-order valence-electron chi connectivity index (χ1n) is 46.3. The van der Waals surface area contributed by atoms with Crippen molar-refractivity contribution in [2.75, 3.05) is 84.8 Å². The summed E-state index contributed by atoms with van der Waals surface area (Å²) in [5.41, 5.74) is 13.3. The first-order valence-corrected chi connectivity index (χ1v) is 47.1. The van der Waals surface area contributed by atoms with Gasteiger partial charge < -0.3 is 92.4 Å². The van der Waals surface area contributed by atoms with Crippen molar-refractivity contribution in [2.24, 2.45) is 0 Å². The van der Waals surface area contributed by atoms with Crippen LogP contribution >= 0.6 is 11.5 Å². The van der Waals surface area contributed by atoms with Gasteiger partial charge >= 0.3 is 0 Å². The topological polar surface area (TPSA) is 505 Å². The van der Waals surface area contributed by atoms with Gasteiger partial charge in [0.15, 0.2) is 45.2 Å². The first-order chi connectivity index (χ1) is 69.2. The zero-order valence-corrected chi connectivity index (χ0v) is 77.8. The van der Waals surface area contributed by atoms with Gasteiger partial charge in [0.25, 0.3) is 35.4 Å². The molecule has 7 saturated carbocycles. The van der Waals surface area contributed by atoms with Gasteiger partial charge in [-0.1, -0.05) is 0 Å². The lowest BCUT2D eigenvalue weighted by molar-refractivity contribution is 0.0940. The minimum Gasteiger partial charge on any atom is -0.373 e. The maximum atomic E-state index is 13.2. The first kappa shape index (κ1) is 89.7. The molecule has 0 aromatic carbocycles. The molecule has 722 valence electrons. The predicted molar refractivity (Wildman–Crippen MR) is 526 cm³/mol. The largest absolute Gasteiger partial charge is 0.373 e. The molecule has 19 aromatic heterocycles. The Hall–Kier alpha value is -17.5. The van der Waals surface area contributed by atoms with Gasteiger partial charge in [-0.05, 0) is 111 Å². The van der Waals surface area contributed by atoms with Crippen molar-refractivity contribution in [3.63, 3.8) is 0 Å². The van der Waals surface area contributed by atoms with E-state index in [2.05, 4.69) is 167 Å². The van der Waals surface area contributed by atoms with Gasteiger partial charge in [-0.15, -0.1) is 0 Å². The van der Waals surface area contributed by atoms with Gasteiger partial charge in [0.05, 0.1) is 77.6 Å². The van der Waals surface area contributed by atoms with E-state index in [-0.39, 0.29) is 52.9 Å². The molecule has 0 radical (unpaired) electrons. The van der Waals surface area contributed by atoms with E-state index in [0.717, 1.165) is 129 Å². The average molecular weight is 1940 g/mol. The zero-order valence-electron chi connectivity index (χ0n) is 77.0. The molecule has 0 saturated heterocycles. The van der Waals surface area contributed by atoms with Crippen molar-refractivity contribution < 1.29 is 41.9 Å². The highest BCUT2D eigenvalue weighted by Gasteiger charge is 2.42. The SMILES string of the molecule is CNC(=O)c1nscc1Nc1cc(NC)n2ncc(C(=O)N[C@@H]3C[C@@H]3F)c2n1.CNc1cc(-c2cn(C3CC3)c3ncccc23)nc2c(C(=O)NC3CC3)cnn12.CNc1cc(-c2cn(C3CC3)c3ncccc23)nc2c(C(=O)N[C@@H]3C[C@@H]3F)cnn12.CNc1cc(Nc2cccn3ccnc23)nc2c(C(=O)NC3CC3)cnn12.CNc1cc(Nc2cccn3ccnc23)nc2c(C(=O)N[C@@H]3C[C@@H]3F)cnn12. The number of nitrogens with zero attached hydrogens (tertiary/aromatic N) is 24. The van der Waals surface area contributed by atoms with E-state index < -0.39 is 42.5 Å². The molecule has 19 aromatic rings. The van der Waals surface area contributed by atoms with Gasteiger partial charge in [0.2, 0.25) is 0 Å². The highest BCUT2D eigenvalue weighted by molar-refractivity contribution is 7.04. The second-order valence-electron chi connectivity index (χ2n) is 35.1. The smallest absolute Gasteiger partial charge is 0.272 e. The third-order valence-electron chi connectivity index (χ3n) is 25.0. The number of aromatic nitrogens is 24. The molecule has 14 N–H and O–H groups in total. The van der Waals surface area contributed by atoms with E-state index in [4.69, 9.17) is 9.97 Å². The van der Waals surface area contributed by atoms with E-state index >= 15 is 0 Å². The monoisotopic (exact) mass is 1940 g/mol. The van der Waals surface area contributed by atoms with Crippen molar-refractivity contribution in [2.45, 2.75) is 131 Å². The fraction of sp³-hybridized carbons (Fsp3) is 0.287. The molecule has 6 atom stereocenters. The van der Waals surface area contributed by atoms with Crippen molar-refractivity contribution in [1.82, 2.24) is 147 Å². The van der Waals surface area contributed by atoms with Crippen LogP contribution in [0, 0.1) is 0 Å². The number of amides is 6. The quantitative estimate of drug-likeness (QED) is 0.0239. The summed E-state index contributed by atoms with van der Waals surface area (Å²) in [5.74, 6) is 3.20. The molecular formula is C94H93F3N38O6S. The number of hydrogen-bond donors (Lipinski definition) is 14. The fourth-order valence-electron chi connectivity index (χ4n) is 16.6. The zero-order chi connectivity index (χ0) is 97.4. The standard InChI is InChI=1S/C21H20FN7O.C21H21N7O.C18H17FN8O.C18H18N8O.C16H17FN8O2S/c1-23-18-8-16(14-10-28(11-4-5-11)19-12(14)3-2-6-24-19)26-20-13(9-25-29(18)20)21(30)27-17-7-15(17)22;1-22-18-9-17(16-11-27(13-6-7-13)19-14(16)3-2-8-23-19)26-20-15(10-24-28(18)20)21(29)25-12-4-5-12;1-20-15-8-14(23-12-3-2-5-26-6-4-21-17(12)26)25-16-10(9-22-27(15)16)18(28)24-13-7-11(13)19;1-19-15-9-14(23-13-3-2-7-25-8-6-20-17(13)25)24-16-12(10-21-26(15)16)18(27)22-11-4-5-11;1-18-12-4-11(21-10-6-28-24-13(10)16(27)19-2)23-14-7(5-20-25(12)14)15(26)22-9-3-8(9)17/h2-3,6,8-11,15,17,23H,4-5,7H2,1H3,(H,27,30);2-3,8-13,22H,4-7H2,1H3,(H,25,29);2-6,8-9,11,13,20H,7H2,1H3,(H,23,25)(H,24,28);2-3,6-11,19H,4-5H2,1H3,(H,22,27)(H,23,24);4-6,8-9,18H,3H2,1-2H3,(H,19,27)(H,21,23)(H,22,26)/t15-,17+;;11-,13+;;8-,9+/m0.0.0/s1. The Balaban J connectivity index is 0.000000102. The van der Waals surface area contributed by atoms with E-state index in [1.54, 1.807) is 90.2 Å². The number of imidazole rings is 2. The Morgan fingerprint density at radius 1 is 0.359 bits per heavy atom. The van der Waals surface area contributed by atoms with Crippen LogP contribution in [0.4, 0.5) is 76.8 Å². The average Bonchev–Trinajstić information content (AvgIpc) is 1.59. The summed E-state index contributed by atoms with van der Waals surface area (Å²) in [6.45, 7) is 0. The molecule has 142 heavy (non-hydrogen) atoms. The van der Waals surface area contributed by atoms with E-state index in [0.29, 0.717) is 122 Å². The van der Waals surface area contributed by atoms with Crippen LogP contribution in [0.3, 0.4) is 0 Å². The normalized spacial score (nSPS) is 17.5. The molecule has 0 spiro atoms. The molecule has 7 aliphatic rings. The molecular weight excluding hydrogens is 1850 g/mol. The summed E-state index contributed by atoms with van der Waals surface area (Å²) in [7, 11) is 10.4. The molecule has 0 aliphatic heterocycles. The molecule has 0 bridgehead atoms. The summed E-state index contributed by atoms with van der Waals surface area (Å²) in [6.07, 6.45) is 33.3. The number of hydrogen-bond acceptors (Lipinski definition) is 30. The van der Waals surface area contributed by atoms with Crippen LogP contribution in [0.1, 0.15) is 145 Å². The number of pyridine rings is 4. The Bertz CT molecular complexity index is 8170. The lowest BCUT2D eigenvalue weighted by atomic mass is 10.1. The third-order valence-corrected chi connectivity index (χ3v) is 25.7. The van der Waals surface area contributed by atoms with Crippen molar-refractivity contribution in [3.05, 3.63) is 211 Å². The number of rotatable bonds is 26. The molecule has 7 aliphatic carbocycles. The summed E-state index contributed by atoms with van der Waals surface area (Å²) in [4.78, 5) is 116. The summed E-state index contributed by atoms with van der Waals surface area (Å²) in [6, 6.07) is 25.1. The van der Waals surface area contributed by atoms with E-state index in [1.807, 2.05) is 107 Å². The van der Waals surface area contributed by atoms with Crippen LogP contribution in [0.15, 0.2) is 177 Å². The fourth-order valence-corrected chi connectivity index (χ4v) is 17.2. The van der Waals surface area contributed by atoms with Gasteiger partial charge in [-0.2, -0.15) is 52.4 Å². The van der Waals surface area contributed by atoms with Crippen LogP contribution in [-0.2, 0) is 0 Å². The third kappa shape index (κ3) is 17.9. The second kappa shape index (κ2) is 37.1. The Morgan fingerprint density at radius 2 is 0.690 bits per heavy atom. The van der Waals surface area contributed by atoms with Crippen LogP contribution in [0.5, 0.6) is 0 Å². The summed E-state index contributed by atoms with van der Waals surface area (Å²) in [5, 5.41) is 66.8. The molecule has 6 amide bonds. The van der Waals surface area contributed by atoms with Crippen LogP contribution in [0.25, 0.3) is 84.1 Å². The van der Waals surface area contributed by atoms with E-state index in [1.165, 1.54) is 47.5 Å². The van der Waals surface area contributed by atoms with Crippen LogP contribution in [0.2, 0.25) is 0 Å². The molecule has 26 rings (SSSR count). The molecule has 19 heterocycles. The van der Waals surface area contributed by atoms with Gasteiger partial charge in [0, 0.05) is 205 Å². The minimum absolute atomic E-state index is 0.115. The van der Waals surface area contributed by atoms with E-state index in [9.17, 15) is 41.9 Å². The van der Waals surface area contributed by atoms with Crippen molar-refractivity contribution in [1.29, 1.82) is 0 Å². The minimum atomic E-state index is -1.00. The molecule has 7 fully saturated rings. The van der Waals surface area contributed by atoms with Crippen LogP contribution in [-0.4, -0.2) is 242 Å². The predicted octanol–water partition coefficient (Wildman–Crippen LogP) is 11.2. The van der Waals surface area contributed by atoms with Gasteiger partial charge in [-0.25, -0.2) is 58.0 Å². The Morgan fingerprint density at radius 3 is 1.02 bits per heavy atom.